The van der Waals surface area contributed by atoms with Crippen LogP contribution in [0.4, 0.5) is 0 Å². The number of nitrogens with zero attached hydrogens (tertiary/aromatic N) is 3. The molecule has 8 nitrogen and oxygen atoms in total. The molecule has 4 aromatic rings. The number of benzene rings is 2. The number of carbonyl (C=O) groups excluding carboxylic acids is 2. The number of ketones is 1. The highest BCUT2D eigenvalue weighted by atomic mass is 32.2. The molecule has 4 rings (SSSR count). The summed E-state index contributed by atoms with van der Waals surface area (Å²) in [4.78, 5) is 24.7. The lowest BCUT2D eigenvalue weighted by Crippen LogP contribution is -2.16. The van der Waals surface area contributed by atoms with E-state index in [-0.39, 0.29) is 18.1 Å². The van der Waals surface area contributed by atoms with Crippen molar-refractivity contribution < 1.29 is 23.5 Å². The van der Waals surface area contributed by atoms with Crippen molar-refractivity contribution in [2.24, 2.45) is 0 Å². The fraction of sp³-hybridized carbons (Fsp3) is 0.167. The largest absolute Gasteiger partial charge is 0.496 e. The molecule has 0 saturated heterocycles. The summed E-state index contributed by atoms with van der Waals surface area (Å²) in [5.41, 5.74) is 1.42. The van der Waals surface area contributed by atoms with Gasteiger partial charge < -0.3 is 13.9 Å². The van der Waals surface area contributed by atoms with Gasteiger partial charge in [-0.3, -0.25) is 14.2 Å². The Morgan fingerprint density at radius 3 is 2.55 bits per heavy atom. The van der Waals surface area contributed by atoms with Gasteiger partial charge in [-0.25, -0.2) is 0 Å². The number of carbonyl (C=O) groups is 2. The molecule has 0 N–H and O–H groups in total. The third-order valence-corrected chi connectivity index (χ3v) is 5.67. The van der Waals surface area contributed by atoms with Crippen LogP contribution in [-0.4, -0.2) is 46.0 Å². The van der Waals surface area contributed by atoms with Crippen LogP contribution in [0.2, 0.25) is 0 Å². The van der Waals surface area contributed by atoms with Gasteiger partial charge in [0.1, 0.15) is 5.75 Å². The van der Waals surface area contributed by atoms with E-state index in [0.29, 0.717) is 34.6 Å². The molecule has 0 amide bonds. The van der Waals surface area contributed by atoms with E-state index >= 15 is 0 Å². The minimum absolute atomic E-state index is 0.0235. The van der Waals surface area contributed by atoms with Crippen molar-refractivity contribution in [3.05, 3.63) is 84.1 Å². The smallest absolute Gasteiger partial charge is 0.316 e. The number of Topliss-reactive ketones (excluding diaryl/α,β-unsaturated/α-hetero) is 1. The lowest BCUT2D eigenvalue weighted by molar-refractivity contribution is -0.139. The Labute approximate surface area is 194 Å². The van der Waals surface area contributed by atoms with Gasteiger partial charge in [-0.15, -0.1) is 10.2 Å². The molecule has 0 aliphatic carbocycles. The van der Waals surface area contributed by atoms with Crippen LogP contribution in [0, 0.1) is 0 Å². The molecule has 2 aromatic carbocycles. The molecule has 0 radical (unpaired) electrons. The van der Waals surface area contributed by atoms with Crippen molar-refractivity contribution in [2.75, 3.05) is 19.5 Å². The van der Waals surface area contributed by atoms with Gasteiger partial charge in [0.25, 0.3) is 0 Å². The number of furan rings is 1. The molecule has 0 spiro atoms. The lowest BCUT2D eigenvalue weighted by Gasteiger charge is -2.10. The summed E-state index contributed by atoms with van der Waals surface area (Å²) < 4.78 is 17.7. The predicted octanol–water partition coefficient (Wildman–Crippen LogP) is 4.11. The lowest BCUT2D eigenvalue weighted by atomic mass is 10.1. The number of methoxy groups -OCH3 is 1. The van der Waals surface area contributed by atoms with Crippen molar-refractivity contribution in [1.29, 1.82) is 0 Å². The summed E-state index contributed by atoms with van der Waals surface area (Å²) in [6.45, 7) is 0.141. The van der Waals surface area contributed by atoms with Gasteiger partial charge >= 0.3 is 5.97 Å². The third kappa shape index (κ3) is 5.50. The molecule has 0 fully saturated rings. The van der Waals surface area contributed by atoms with Gasteiger partial charge in [0, 0.05) is 0 Å². The van der Waals surface area contributed by atoms with Gasteiger partial charge in [-0.2, -0.15) is 0 Å². The van der Waals surface area contributed by atoms with Gasteiger partial charge in [-0.05, 0) is 29.8 Å². The van der Waals surface area contributed by atoms with E-state index < -0.39 is 5.97 Å². The Bertz CT molecular complexity index is 1220. The Balaban J connectivity index is 1.41. The quantitative estimate of drug-likeness (QED) is 0.197. The molecule has 33 heavy (non-hydrogen) atoms. The average molecular weight is 464 g/mol. The number of aromatic nitrogens is 3. The van der Waals surface area contributed by atoms with E-state index in [1.807, 2.05) is 34.9 Å². The van der Waals surface area contributed by atoms with E-state index in [4.69, 9.17) is 13.9 Å². The molecule has 0 aliphatic rings. The number of esters is 1. The molecule has 9 heteroatoms. The first kappa shape index (κ1) is 22.3. The van der Waals surface area contributed by atoms with Gasteiger partial charge in [0.2, 0.25) is 11.6 Å². The summed E-state index contributed by atoms with van der Waals surface area (Å²) >= 11 is 1.18. The van der Waals surface area contributed by atoms with E-state index in [0.717, 1.165) is 5.56 Å². The van der Waals surface area contributed by atoms with Crippen LogP contribution in [0.15, 0.2) is 82.6 Å². The molecular formula is C24H21N3O5S. The van der Waals surface area contributed by atoms with Crippen LogP contribution < -0.4 is 4.74 Å². The molecule has 2 heterocycles. The van der Waals surface area contributed by atoms with Crippen LogP contribution in [-0.2, 0) is 16.1 Å². The Kier molecular flexibility index (Phi) is 7.21. The highest BCUT2D eigenvalue weighted by Crippen LogP contribution is 2.26. The van der Waals surface area contributed by atoms with Crippen molar-refractivity contribution in [2.45, 2.75) is 11.7 Å². The summed E-state index contributed by atoms with van der Waals surface area (Å²) in [7, 11) is 1.48. The molecule has 0 atom stereocenters. The first-order valence-corrected chi connectivity index (χ1v) is 11.1. The van der Waals surface area contributed by atoms with Crippen LogP contribution in [0.3, 0.4) is 0 Å². The Morgan fingerprint density at radius 2 is 1.79 bits per heavy atom. The maximum absolute atomic E-state index is 12.4. The maximum Gasteiger partial charge on any atom is 0.316 e. The molecule has 0 saturated carbocycles. The van der Waals surface area contributed by atoms with Gasteiger partial charge in [0.05, 0.1) is 31.2 Å². The monoisotopic (exact) mass is 463 g/mol. The molecule has 0 bridgehead atoms. The summed E-state index contributed by atoms with van der Waals surface area (Å²) in [6, 6.07) is 20.2. The Hall–Kier alpha value is -3.85. The first-order chi connectivity index (χ1) is 16.2. The van der Waals surface area contributed by atoms with Crippen molar-refractivity contribution in [1.82, 2.24) is 14.8 Å². The van der Waals surface area contributed by atoms with Gasteiger partial charge in [0.15, 0.2) is 17.5 Å². The van der Waals surface area contributed by atoms with E-state index in [2.05, 4.69) is 10.2 Å². The normalized spacial score (nSPS) is 10.7. The van der Waals surface area contributed by atoms with E-state index in [1.165, 1.54) is 18.9 Å². The Morgan fingerprint density at radius 1 is 1.00 bits per heavy atom. The molecule has 2 aromatic heterocycles. The van der Waals surface area contributed by atoms with Crippen LogP contribution in [0.1, 0.15) is 15.9 Å². The number of para-hydroxylation sites is 1. The number of hydrogen-bond acceptors (Lipinski definition) is 8. The molecule has 0 unspecified atom stereocenters. The molecule has 0 aliphatic heterocycles. The average Bonchev–Trinajstić information content (AvgIpc) is 3.52. The van der Waals surface area contributed by atoms with Crippen molar-refractivity contribution >= 4 is 23.5 Å². The summed E-state index contributed by atoms with van der Waals surface area (Å²) in [5.74, 6) is 0.688. The zero-order valence-corrected chi connectivity index (χ0v) is 18.7. The highest BCUT2D eigenvalue weighted by Gasteiger charge is 2.19. The summed E-state index contributed by atoms with van der Waals surface area (Å²) in [5, 5.41) is 9.01. The molecule has 168 valence electrons. The maximum atomic E-state index is 12.4. The second-order valence-electron chi connectivity index (χ2n) is 6.93. The number of hydrogen-bond donors (Lipinski definition) is 0. The zero-order chi connectivity index (χ0) is 23.0. The van der Waals surface area contributed by atoms with Crippen LogP contribution in [0.5, 0.6) is 5.75 Å². The van der Waals surface area contributed by atoms with Crippen molar-refractivity contribution in [3.63, 3.8) is 0 Å². The highest BCUT2D eigenvalue weighted by molar-refractivity contribution is 7.99. The fourth-order valence-electron chi connectivity index (χ4n) is 3.16. The number of thioether (sulfide) groups is 1. The molecular weight excluding hydrogens is 442 g/mol. The third-order valence-electron chi connectivity index (χ3n) is 4.73. The van der Waals surface area contributed by atoms with E-state index in [9.17, 15) is 9.59 Å². The minimum Gasteiger partial charge on any atom is -0.496 e. The standard InChI is InChI=1S/C24H21N3O5S/c1-30-20-11-6-5-10-18(20)19(28)15-32-22(29)16-33-24-26-25-23(21-12-7-13-31-21)27(24)14-17-8-3-2-4-9-17/h2-13H,14-16H2,1H3. The number of ether oxygens (including phenoxy) is 2. The predicted molar refractivity (Wildman–Crippen MR) is 122 cm³/mol. The first-order valence-electron chi connectivity index (χ1n) is 10.1. The fourth-order valence-corrected chi connectivity index (χ4v) is 3.89. The zero-order valence-electron chi connectivity index (χ0n) is 17.8. The van der Waals surface area contributed by atoms with Crippen molar-refractivity contribution in [3.8, 4) is 17.3 Å². The van der Waals surface area contributed by atoms with Gasteiger partial charge in [-0.1, -0.05) is 54.2 Å². The van der Waals surface area contributed by atoms with Crippen LogP contribution >= 0.6 is 11.8 Å². The van der Waals surface area contributed by atoms with Crippen LogP contribution in [0.25, 0.3) is 11.6 Å². The van der Waals surface area contributed by atoms with E-state index in [1.54, 1.807) is 42.7 Å². The number of rotatable bonds is 10. The second-order valence-corrected chi connectivity index (χ2v) is 7.87. The SMILES string of the molecule is COc1ccccc1C(=O)COC(=O)CSc1nnc(-c2ccco2)n1Cc1ccccc1. The summed E-state index contributed by atoms with van der Waals surface area (Å²) in [6.07, 6.45) is 1.57. The second kappa shape index (κ2) is 10.6. The minimum atomic E-state index is -0.531. The topological polar surface area (TPSA) is 96.5 Å².